The minimum atomic E-state index is -0.0326. The molecule has 14 heavy (non-hydrogen) atoms. The van der Waals surface area contributed by atoms with Gasteiger partial charge in [0, 0.05) is 10.2 Å². The van der Waals surface area contributed by atoms with E-state index in [1.165, 1.54) is 0 Å². The number of halogens is 2. The van der Waals surface area contributed by atoms with Gasteiger partial charge in [0.05, 0.1) is 5.33 Å². The Bertz CT molecular complexity index is 363. The molecule has 0 fully saturated rings. The largest absolute Gasteiger partial charge is 0.325 e. The number of hydrogen-bond donors (Lipinski definition) is 1. The summed E-state index contributed by atoms with van der Waals surface area (Å²) in [6, 6.07) is 3.83. The maximum atomic E-state index is 11.2. The SMILES string of the molecule is Cc1c(Br)ccc(NC(=O)CBr)c1C. The Labute approximate surface area is 100 Å². The summed E-state index contributed by atoms with van der Waals surface area (Å²) in [5.41, 5.74) is 3.11. The third-order valence-corrected chi connectivity index (χ3v) is 3.48. The van der Waals surface area contributed by atoms with Crippen molar-refractivity contribution in [2.75, 3.05) is 10.6 Å². The molecule has 0 radical (unpaired) electrons. The van der Waals surface area contributed by atoms with E-state index in [2.05, 4.69) is 37.2 Å². The number of alkyl halides is 1. The zero-order chi connectivity index (χ0) is 10.7. The molecule has 0 bridgehead atoms. The molecule has 0 atom stereocenters. The van der Waals surface area contributed by atoms with Crippen LogP contribution in [-0.2, 0) is 4.79 Å². The Kier molecular flexibility index (Phi) is 4.13. The number of benzene rings is 1. The van der Waals surface area contributed by atoms with E-state index in [0.29, 0.717) is 5.33 Å². The topological polar surface area (TPSA) is 29.1 Å². The molecule has 1 amide bonds. The van der Waals surface area contributed by atoms with E-state index in [9.17, 15) is 4.79 Å². The lowest BCUT2D eigenvalue weighted by molar-refractivity contribution is -0.113. The van der Waals surface area contributed by atoms with Crippen molar-refractivity contribution in [1.82, 2.24) is 0 Å². The zero-order valence-corrected chi connectivity index (χ0v) is 11.2. The van der Waals surface area contributed by atoms with E-state index in [1.54, 1.807) is 0 Å². The molecule has 76 valence electrons. The molecule has 0 aliphatic carbocycles. The van der Waals surface area contributed by atoms with Gasteiger partial charge >= 0.3 is 0 Å². The molecule has 0 heterocycles. The fourth-order valence-electron chi connectivity index (χ4n) is 1.11. The first kappa shape index (κ1) is 11.7. The Morgan fingerprint density at radius 3 is 2.57 bits per heavy atom. The van der Waals surface area contributed by atoms with Crippen molar-refractivity contribution in [3.8, 4) is 0 Å². The second kappa shape index (κ2) is 4.94. The maximum Gasteiger partial charge on any atom is 0.235 e. The van der Waals surface area contributed by atoms with Crippen LogP contribution in [0.15, 0.2) is 16.6 Å². The van der Waals surface area contributed by atoms with Crippen LogP contribution in [0.5, 0.6) is 0 Å². The number of anilines is 1. The number of amides is 1. The van der Waals surface area contributed by atoms with Crippen molar-refractivity contribution in [1.29, 1.82) is 0 Å². The number of rotatable bonds is 2. The molecule has 1 aromatic carbocycles. The highest BCUT2D eigenvalue weighted by molar-refractivity contribution is 9.10. The number of carbonyl (C=O) groups is 1. The standard InChI is InChI=1S/C10H11Br2NO/c1-6-7(2)9(4-3-8(6)12)13-10(14)5-11/h3-4H,5H2,1-2H3,(H,13,14). The van der Waals surface area contributed by atoms with Gasteiger partial charge in [-0.15, -0.1) is 0 Å². The van der Waals surface area contributed by atoms with Crippen molar-refractivity contribution >= 4 is 43.5 Å². The highest BCUT2D eigenvalue weighted by atomic mass is 79.9. The van der Waals surface area contributed by atoms with E-state index in [-0.39, 0.29) is 5.91 Å². The minimum Gasteiger partial charge on any atom is -0.325 e. The van der Waals surface area contributed by atoms with Crippen LogP contribution < -0.4 is 5.32 Å². The molecule has 0 aliphatic heterocycles. The molecule has 0 unspecified atom stereocenters. The lowest BCUT2D eigenvalue weighted by Gasteiger charge is -2.10. The summed E-state index contributed by atoms with van der Waals surface area (Å²) in [4.78, 5) is 11.2. The summed E-state index contributed by atoms with van der Waals surface area (Å²) in [7, 11) is 0. The fourth-order valence-corrected chi connectivity index (χ4v) is 1.68. The van der Waals surface area contributed by atoms with Gasteiger partial charge in [-0.3, -0.25) is 4.79 Å². The van der Waals surface area contributed by atoms with Gasteiger partial charge in [-0.1, -0.05) is 31.9 Å². The quantitative estimate of drug-likeness (QED) is 0.831. The molecule has 4 heteroatoms. The van der Waals surface area contributed by atoms with E-state index in [1.807, 2.05) is 26.0 Å². The molecule has 0 aromatic heterocycles. The summed E-state index contributed by atoms with van der Waals surface area (Å²) < 4.78 is 1.06. The van der Waals surface area contributed by atoms with Crippen molar-refractivity contribution < 1.29 is 4.79 Å². The second-order valence-electron chi connectivity index (χ2n) is 3.03. The van der Waals surface area contributed by atoms with Crippen LogP contribution in [0.25, 0.3) is 0 Å². The molecule has 1 rings (SSSR count). The highest BCUT2D eigenvalue weighted by Crippen LogP contribution is 2.25. The smallest absolute Gasteiger partial charge is 0.235 e. The first-order valence-electron chi connectivity index (χ1n) is 4.17. The van der Waals surface area contributed by atoms with E-state index >= 15 is 0 Å². The predicted molar refractivity (Wildman–Crippen MR) is 66.0 cm³/mol. The van der Waals surface area contributed by atoms with Crippen LogP contribution in [0.1, 0.15) is 11.1 Å². The number of carbonyl (C=O) groups excluding carboxylic acids is 1. The van der Waals surface area contributed by atoms with Gasteiger partial charge in [0.15, 0.2) is 0 Å². The molecule has 1 N–H and O–H groups in total. The summed E-state index contributed by atoms with van der Waals surface area (Å²) in [6.45, 7) is 4.01. The van der Waals surface area contributed by atoms with Crippen molar-refractivity contribution in [3.63, 3.8) is 0 Å². The Hall–Kier alpha value is -0.350. The Balaban J connectivity index is 3.00. The summed E-state index contributed by atoms with van der Waals surface area (Å²) in [5, 5.41) is 3.14. The van der Waals surface area contributed by atoms with E-state index in [0.717, 1.165) is 21.3 Å². The van der Waals surface area contributed by atoms with Gasteiger partial charge in [-0.25, -0.2) is 0 Å². The van der Waals surface area contributed by atoms with Gasteiger partial charge < -0.3 is 5.32 Å². The van der Waals surface area contributed by atoms with Crippen LogP contribution in [0.3, 0.4) is 0 Å². The number of hydrogen-bond acceptors (Lipinski definition) is 1. The molecular weight excluding hydrogens is 310 g/mol. The zero-order valence-electron chi connectivity index (χ0n) is 8.03. The predicted octanol–water partition coefficient (Wildman–Crippen LogP) is 3.40. The van der Waals surface area contributed by atoms with Crippen LogP contribution in [-0.4, -0.2) is 11.2 Å². The highest BCUT2D eigenvalue weighted by Gasteiger charge is 2.06. The third kappa shape index (κ3) is 2.58. The Morgan fingerprint density at radius 2 is 2.00 bits per heavy atom. The monoisotopic (exact) mass is 319 g/mol. The van der Waals surface area contributed by atoms with Crippen LogP contribution in [0.2, 0.25) is 0 Å². The van der Waals surface area contributed by atoms with Crippen LogP contribution in [0, 0.1) is 13.8 Å². The van der Waals surface area contributed by atoms with Crippen molar-refractivity contribution in [2.24, 2.45) is 0 Å². The second-order valence-corrected chi connectivity index (χ2v) is 4.44. The Morgan fingerprint density at radius 1 is 1.36 bits per heavy atom. The first-order chi connectivity index (χ1) is 6.56. The van der Waals surface area contributed by atoms with E-state index in [4.69, 9.17) is 0 Å². The van der Waals surface area contributed by atoms with E-state index < -0.39 is 0 Å². The van der Waals surface area contributed by atoms with Crippen LogP contribution >= 0.6 is 31.9 Å². The minimum absolute atomic E-state index is 0.0326. The fraction of sp³-hybridized carbons (Fsp3) is 0.300. The van der Waals surface area contributed by atoms with Gasteiger partial charge in [-0.05, 0) is 37.1 Å². The molecule has 0 saturated heterocycles. The first-order valence-corrected chi connectivity index (χ1v) is 6.09. The van der Waals surface area contributed by atoms with Gasteiger partial charge in [-0.2, -0.15) is 0 Å². The molecule has 0 saturated carbocycles. The summed E-state index contributed by atoms with van der Waals surface area (Å²) in [5.74, 6) is -0.0326. The lowest BCUT2D eigenvalue weighted by Crippen LogP contribution is -2.13. The lowest BCUT2D eigenvalue weighted by atomic mass is 10.1. The molecule has 0 spiro atoms. The van der Waals surface area contributed by atoms with Crippen molar-refractivity contribution in [3.05, 3.63) is 27.7 Å². The average Bonchev–Trinajstić information content (AvgIpc) is 2.19. The molecule has 1 aromatic rings. The normalized spacial score (nSPS) is 10.0. The van der Waals surface area contributed by atoms with Gasteiger partial charge in [0.25, 0.3) is 0 Å². The number of nitrogens with one attached hydrogen (secondary N) is 1. The maximum absolute atomic E-state index is 11.2. The van der Waals surface area contributed by atoms with Crippen LogP contribution in [0.4, 0.5) is 5.69 Å². The van der Waals surface area contributed by atoms with Crippen molar-refractivity contribution in [2.45, 2.75) is 13.8 Å². The molecular formula is C10H11Br2NO. The molecule has 2 nitrogen and oxygen atoms in total. The summed E-state index contributed by atoms with van der Waals surface area (Å²) >= 11 is 6.55. The average molecular weight is 321 g/mol. The third-order valence-electron chi connectivity index (χ3n) is 2.12. The van der Waals surface area contributed by atoms with Gasteiger partial charge in [0.2, 0.25) is 5.91 Å². The summed E-state index contributed by atoms with van der Waals surface area (Å²) in [6.07, 6.45) is 0. The molecule has 0 aliphatic rings. The van der Waals surface area contributed by atoms with Gasteiger partial charge in [0.1, 0.15) is 0 Å².